The van der Waals surface area contributed by atoms with Gasteiger partial charge >= 0.3 is 12.1 Å². The third-order valence-electron chi connectivity index (χ3n) is 2.33. The molecular formula is C13H20N2O5S. The van der Waals surface area contributed by atoms with Crippen LogP contribution in [0.3, 0.4) is 0 Å². The highest BCUT2D eigenvalue weighted by molar-refractivity contribution is 7.16. The number of thiazole rings is 1. The van der Waals surface area contributed by atoms with Crippen LogP contribution in [-0.4, -0.2) is 34.9 Å². The summed E-state index contributed by atoms with van der Waals surface area (Å²) < 4.78 is 9.62. The molecule has 1 aromatic heterocycles. The minimum Gasteiger partial charge on any atom is -0.469 e. The number of ether oxygens (including phenoxy) is 2. The van der Waals surface area contributed by atoms with Crippen LogP contribution in [0.15, 0.2) is 0 Å². The molecule has 8 heteroatoms. The number of nitrogens with zero attached hydrogens (tertiary/aromatic N) is 1. The molecule has 0 aliphatic carbocycles. The van der Waals surface area contributed by atoms with Crippen molar-refractivity contribution in [2.45, 2.75) is 45.8 Å². The molecule has 0 aliphatic rings. The smallest absolute Gasteiger partial charge is 0.413 e. The first-order chi connectivity index (χ1) is 9.62. The Bertz CT molecular complexity index is 521. The fourth-order valence-corrected chi connectivity index (χ4v) is 2.43. The quantitative estimate of drug-likeness (QED) is 0.828. The van der Waals surface area contributed by atoms with Crippen LogP contribution < -0.4 is 5.32 Å². The maximum absolute atomic E-state index is 11.6. The number of carbonyl (C=O) groups excluding carboxylic acids is 2. The lowest BCUT2D eigenvalue weighted by Gasteiger charge is -2.18. The van der Waals surface area contributed by atoms with E-state index in [-0.39, 0.29) is 6.42 Å². The lowest BCUT2D eigenvalue weighted by Crippen LogP contribution is -2.27. The van der Waals surface area contributed by atoms with Crippen LogP contribution in [-0.2, 0) is 14.3 Å². The van der Waals surface area contributed by atoms with Crippen LogP contribution in [0.1, 0.15) is 43.9 Å². The van der Waals surface area contributed by atoms with Gasteiger partial charge in [0.05, 0.1) is 24.1 Å². The second kappa shape index (κ2) is 6.86. The molecule has 0 radical (unpaired) electrons. The number of anilines is 1. The van der Waals surface area contributed by atoms with Crippen LogP contribution in [0, 0.1) is 6.92 Å². The first kappa shape index (κ1) is 17.4. The van der Waals surface area contributed by atoms with E-state index in [0.717, 1.165) is 11.3 Å². The summed E-state index contributed by atoms with van der Waals surface area (Å²) in [7, 11) is 1.25. The SMILES string of the molecule is COC(=O)C[C@@H](O)c1sc(NC(=O)OC(C)(C)C)nc1C. The minimum absolute atomic E-state index is 0.161. The number of hydrogen-bond acceptors (Lipinski definition) is 7. The van der Waals surface area contributed by atoms with Gasteiger partial charge in [-0.1, -0.05) is 11.3 Å². The highest BCUT2D eigenvalue weighted by atomic mass is 32.1. The highest BCUT2D eigenvalue weighted by Gasteiger charge is 2.22. The van der Waals surface area contributed by atoms with Crippen molar-refractivity contribution in [1.29, 1.82) is 0 Å². The van der Waals surface area contributed by atoms with E-state index >= 15 is 0 Å². The molecule has 0 spiro atoms. The Hall–Kier alpha value is -1.67. The van der Waals surface area contributed by atoms with E-state index in [1.165, 1.54) is 7.11 Å². The Morgan fingerprint density at radius 1 is 1.43 bits per heavy atom. The zero-order chi connectivity index (χ0) is 16.2. The maximum Gasteiger partial charge on any atom is 0.413 e. The molecule has 1 aromatic rings. The summed E-state index contributed by atoms with van der Waals surface area (Å²) in [5.74, 6) is -0.517. The lowest BCUT2D eigenvalue weighted by atomic mass is 10.2. The van der Waals surface area contributed by atoms with Crippen LogP contribution in [0.4, 0.5) is 9.93 Å². The molecule has 21 heavy (non-hydrogen) atoms. The van der Waals surface area contributed by atoms with Gasteiger partial charge < -0.3 is 14.6 Å². The number of rotatable bonds is 4. The summed E-state index contributed by atoms with van der Waals surface area (Å²) in [4.78, 5) is 27.4. The number of amides is 1. The molecule has 1 amide bonds. The number of hydrogen-bond donors (Lipinski definition) is 2. The highest BCUT2D eigenvalue weighted by Crippen LogP contribution is 2.30. The van der Waals surface area contributed by atoms with Crippen molar-refractivity contribution in [3.8, 4) is 0 Å². The summed E-state index contributed by atoms with van der Waals surface area (Å²) in [6.07, 6.45) is -1.79. The average Bonchev–Trinajstić information content (AvgIpc) is 2.67. The Morgan fingerprint density at radius 2 is 2.05 bits per heavy atom. The number of aryl methyl sites for hydroxylation is 1. The van der Waals surface area contributed by atoms with Crippen molar-refractivity contribution >= 4 is 28.5 Å². The monoisotopic (exact) mass is 316 g/mol. The maximum atomic E-state index is 11.6. The molecule has 0 saturated heterocycles. The molecule has 1 rings (SSSR count). The first-order valence-corrected chi connectivity index (χ1v) is 7.16. The number of aromatic nitrogens is 1. The normalized spacial score (nSPS) is 12.7. The molecule has 1 atom stereocenters. The average molecular weight is 316 g/mol. The zero-order valence-electron chi connectivity index (χ0n) is 12.7. The van der Waals surface area contributed by atoms with Crippen molar-refractivity contribution in [3.05, 3.63) is 10.6 Å². The van der Waals surface area contributed by atoms with E-state index < -0.39 is 23.8 Å². The van der Waals surface area contributed by atoms with Gasteiger partial charge in [0, 0.05) is 0 Å². The van der Waals surface area contributed by atoms with E-state index in [0.29, 0.717) is 15.7 Å². The van der Waals surface area contributed by atoms with Crippen LogP contribution in [0.5, 0.6) is 0 Å². The Kier molecular flexibility index (Phi) is 5.68. The molecule has 0 saturated carbocycles. The van der Waals surface area contributed by atoms with Gasteiger partial charge in [-0.2, -0.15) is 0 Å². The van der Waals surface area contributed by atoms with Gasteiger partial charge in [0.2, 0.25) is 0 Å². The molecule has 0 aliphatic heterocycles. The van der Waals surface area contributed by atoms with Crippen molar-refractivity contribution in [1.82, 2.24) is 4.98 Å². The molecule has 0 bridgehead atoms. The van der Waals surface area contributed by atoms with Gasteiger partial charge in [0.25, 0.3) is 0 Å². The van der Waals surface area contributed by atoms with Gasteiger partial charge in [0.15, 0.2) is 5.13 Å². The number of aliphatic hydroxyl groups excluding tert-OH is 1. The third kappa shape index (κ3) is 5.68. The van der Waals surface area contributed by atoms with E-state index in [9.17, 15) is 14.7 Å². The Morgan fingerprint density at radius 3 is 2.57 bits per heavy atom. The third-order valence-corrected chi connectivity index (χ3v) is 3.50. The summed E-state index contributed by atoms with van der Waals surface area (Å²) in [5, 5.41) is 12.8. The number of esters is 1. The van der Waals surface area contributed by atoms with Crippen molar-refractivity contribution < 1.29 is 24.2 Å². The molecular weight excluding hydrogens is 296 g/mol. The van der Waals surface area contributed by atoms with Crippen LogP contribution in [0.25, 0.3) is 0 Å². The van der Waals surface area contributed by atoms with E-state index in [1.807, 2.05) is 0 Å². The molecule has 0 aromatic carbocycles. The topological polar surface area (TPSA) is 97.8 Å². The zero-order valence-corrected chi connectivity index (χ0v) is 13.5. The molecule has 0 fully saturated rings. The summed E-state index contributed by atoms with van der Waals surface area (Å²) in [6, 6.07) is 0. The molecule has 1 heterocycles. The van der Waals surface area contributed by atoms with Crippen molar-refractivity contribution in [2.75, 3.05) is 12.4 Å². The molecule has 0 unspecified atom stereocenters. The largest absolute Gasteiger partial charge is 0.469 e. The van der Waals surface area contributed by atoms with Crippen molar-refractivity contribution in [2.24, 2.45) is 0 Å². The number of methoxy groups -OCH3 is 1. The van der Waals surface area contributed by atoms with Gasteiger partial charge in [-0.3, -0.25) is 10.1 Å². The lowest BCUT2D eigenvalue weighted by molar-refractivity contribution is -0.142. The van der Waals surface area contributed by atoms with Crippen LogP contribution in [0.2, 0.25) is 0 Å². The molecule has 7 nitrogen and oxygen atoms in total. The fraction of sp³-hybridized carbons (Fsp3) is 0.615. The second-order valence-electron chi connectivity index (χ2n) is 5.39. The number of carbonyl (C=O) groups is 2. The second-order valence-corrected chi connectivity index (χ2v) is 6.42. The standard InChI is InChI=1S/C13H20N2O5S/c1-7-10(8(16)6-9(17)19-5)21-11(14-7)15-12(18)20-13(2,3)4/h8,16H,6H2,1-5H3,(H,14,15,18)/t8-/m1/s1. The predicted octanol–water partition coefficient (Wildman–Crippen LogP) is 2.40. The molecule has 2 N–H and O–H groups in total. The predicted molar refractivity (Wildman–Crippen MR) is 78.3 cm³/mol. The first-order valence-electron chi connectivity index (χ1n) is 6.34. The Labute approximate surface area is 127 Å². The van der Waals surface area contributed by atoms with E-state index in [4.69, 9.17) is 4.74 Å². The van der Waals surface area contributed by atoms with Gasteiger partial charge in [-0.15, -0.1) is 0 Å². The van der Waals surface area contributed by atoms with Crippen molar-refractivity contribution in [3.63, 3.8) is 0 Å². The van der Waals surface area contributed by atoms with Gasteiger partial charge in [-0.25, -0.2) is 9.78 Å². The Balaban J connectivity index is 2.74. The van der Waals surface area contributed by atoms with E-state index in [2.05, 4.69) is 15.0 Å². The number of nitrogens with one attached hydrogen (secondary N) is 1. The minimum atomic E-state index is -1.01. The van der Waals surface area contributed by atoms with Crippen LogP contribution >= 0.6 is 11.3 Å². The summed E-state index contributed by atoms with van der Waals surface area (Å²) >= 11 is 1.09. The van der Waals surface area contributed by atoms with E-state index in [1.54, 1.807) is 27.7 Å². The van der Waals surface area contributed by atoms with Gasteiger partial charge in [0.1, 0.15) is 11.7 Å². The van der Waals surface area contributed by atoms with Gasteiger partial charge in [-0.05, 0) is 27.7 Å². The molecule has 118 valence electrons. The summed E-state index contributed by atoms with van der Waals surface area (Å²) in [5.41, 5.74) is -0.0636. The fourth-order valence-electron chi connectivity index (χ4n) is 1.50. The summed E-state index contributed by atoms with van der Waals surface area (Å²) in [6.45, 7) is 6.95. The number of aliphatic hydroxyl groups is 1.